The number of halogens is 1. The Bertz CT molecular complexity index is 528. The van der Waals surface area contributed by atoms with Crippen molar-refractivity contribution < 1.29 is 0 Å². The maximum absolute atomic E-state index is 5.92. The Morgan fingerprint density at radius 2 is 1.40 bits per heavy atom. The third-order valence-corrected chi connectivity index (χ3v) is 4.01. The van der Waals surface area contributed by atoms with Crippen LogP contribution in [0.4, 0.5) is 0 Å². The van der Waals surface area contributed by atoms with Gasteiger partial charge in [-0.3, -0.25) is 0 Å². The fraction of sp³-hybridized carbons (Fsp3) is 0.333. The fourth-order valence-corrected chi connectivity index (χ4v) is 2.53. The zero-order valence-electron chi connectivity index (χ0n) is 12.4. The first kappa shape index (κ1) is 15.1. The van der Waals surface area contributed by atoms with Gasteiger partial charge < -0.3 is 5.32 Å². The van der Waals surface area contributed by atoms with Crippen molar-refractivity contribution in [2.75, 3.05) is 7.05 Å². The van der Waals surface area contributed by atoms with Crippen molar-refractivity contribution >= 4 is 11.6 Å². The second-order valence-corrected chi connectivity index (χ2v) is 5.98. The van der Waals surface area contributed by atoms with E-state index in [4.69, 9.17) is 11.6 Å². The summed E-state index contributed by atoms with van der Waals surface area (Å²) in [5.41, 5.74) is 3.81. The van der Waals surface area contributed by atoms with Gasteiger partial charge in [-0.1, -0.05) is 61.8 Å². The molecule has 0 radical (unpaired) electrons. The van der Waals surface area contributed by atoms with E-state index >= 15 is 0 Å². The smallest absolute Gasteiger partial charge is 0.0406 e. The van der Waals surface area contributed by atoms with Crippen molar-refractivity contribution in [1.82, 2.24) is 5.32 Å². The van der Waals surface area contributed by atoms with Gasteiger partial charge in [-0.2, -0.15) is 0 Å². The molecule has 2 rings (SSSR count). The molecule has 1 nitrogen and oxygen atoms in total. The monoisotopic (exact) mass is 287 g/mol. The van der Waals surface area contributed by atoms with E-state index in [1.54, 1.807) is 0 Å². The first-order chi connectivity index (χ1) is 9.60. The Hall–Kier alpha value is -1.31. The molecular formula is C18H22ClN. The predicted octanol–water partition coefficient (Wildman–Crippen LogP) is 4.79. The molecule has 0 heterocycles. The Morgan fingerprint density at radius 3 is 1.85 bits per heavy atom. The highest BCUT2D eigenvalue weighted by Crippen LogP contribution is 2.22. The lowest BCUT2D eigenvalue weighted by atomic mass is 9.95. The predicted molar refractivity (Wildman–Crippen MR) is 88.3 cm³/mol. The van der Waals surface area contributed by atoms with Gasteiger partial charge in [-0.15, -0.1) is 0 Å². The Labute approximate surface area is 127 Å². The van der Waals surface area contributed by atoms with Crippen LogP contribution in [0.5, 0.6) is 0 Å². The van der Waals surface area contributed by atoms with E-state index in [0.29, 0.717) is 12.0 Å². The maximum Gasteiger partial charge on any atom is 0.0406 e. The zero-order chi connectivity index (χ0) is 14.5. The van der Waals surface area contributed by atoms with Crippen molar-refractivity contribution in [2.45, 2.75) is 26.3 Å². The highest BCUT2D eigenvalue weighted by atomic mass is 35.5. The lowest BCUT2D eigenvalue weighted by Gasteiger charge is -2.20. The third-order valence-electron chi connectivity index (χ3n) is 3.76. The first-order valence-corrected chi connectivity index (χ1v) is 7.50. The van der Waals surface area contributed by atoms with Gasteiger partial charge in [0.1, 0.15) is 0 Å². The number of benzene rings is 2. The minimum atomic E-state index is 0.524. The maximum atomic E-state index is 5.92. The summed E-state index contributed by atoms with van der Waals surface area (Å²) >= 11 is 5.92. The van der Waals surface area contributed by atoms with Gasteiger partial charge in [-0.05, 0) is 48.2 Å². The van der Waals surface area contributed by atoms with Crippen LogP contribution in [-0.2, 0) is 6.42 Å². The molecule has 106 valence electrons. The minimum absolute atomic E-state index is 0.524. The van der Waals surface area contributed by atoms with E-state index in [0.717, 1.165) is 11.4 Å². The SMILES string of the molecule is CNC(Cc1ccc(-c2ccc(Cl)cc2)cc1)C(C)C. The second-order valence-electron chi connectivity index (χ2n) is 5.55. The molecule has 0 amide bonds. The number of hydrogen-bond donors (Lipinski definition) is 1. The molecule has 0 saturated carbocycles. The van der Waals surface area contributed by atoms with Crippen LogP contribution >= 0.6 is 11.6 Å². The lowest BCUT2D eigenvalue weighted by Crippen LogP contribution is -2.32. The number of likely N-dealkylation sites (N-methyl/N-ethyl adjacent to an activating group) is 1. The van der Waals surface area contributed by atoms with E-state index in [2.05, 4.69) is 55.6 Å². The van der Waals surface area contributed by atoms with Crippen LogP contribution in [-0.4, -0.2) is 13.1 Å². The molecule has 2 heteroatoms. The molecule has 1 atom stereocenters. The van der Waals surface area contributed by atoms with Crippen LogP contribution in [0.2, 0.25) is 5.02 Å². The number of rotatable bonds is 5. The fourth-order valence-electron chi connectivity index (χ4n) is 2.40. The highest BCUT2D eigenvalue weighted by Gasteiger charge is 2.11. The molecule has 0 aliphatic carbocycles. The molecule has 0 bridgehead atoms. The quantitative estimate of drug-likeness (QED) is 0.833. The molecular weight excluding hydrogens is 266 g/mol. The van der Waals surface area contributed by atoms with Crippen LogP contribution in [0.25, 0.3) is 11.1 Å². The molecule has 1 unspecified atom stereocenters. The van der Waals surface area contributed by atoms with Crippen molar-refractivity contribution in [3.63, 3.8) is 0 Å². The van der Waals surface area contributed by atoms with Crippen LogP contribution in [0.15, 0.2) is 48.5 Å². The Balaban J connectivity index is 2.12. The minimum Gasteiger partial charge on any atom is -0.316 e. The van der Waals surface area contributed by atoms with Crippen LogP contribution in [0.3, 0.4) is 0 Å². The molecule has 1 N–H and O–H groups in total. The summed E-state index contributed by atoms with van der Waals surface area (Å²) in [4.78, 5) is 0. The highest BCUT2D eigenvalue weighted by molar-refractivity contribution is 6.30. The molecule has 0 aromatic heterocycles. The van der Waals surface area contributed by atoms with Gasteiger partial charge in [0, 0.05) is 11.1 Å². The van der Waals surface area contributed by atoms with Crippen LogP contribution < -0.4 is 5.32 Å². The summed E-state index contributed by atoms with van der Waals surface area (Å²) in [7, 11) is 2.03. The molecule has 0 fully saturated rings. The van der Waals surface area contributed by atoms with Gasteiger partial charge in [-0.25, -0.2) is 0 Å². The second kappa shape index (κ2) is 6.92. The summed E-state index contributed by atoms with van der Waals surface area (Å²) in [6.07, 6.45) is 1.06. The normalized spacial score (nSPS) is 12.7. The lowest BCUT2D eigenvalue weighted by molar-refractivity contribution is 0.424. The first-order valence-electron chi connectivity index (χ1n) is 7.12. The van der Waals surface area contributed by atoms with Crippen LogP contribution in [0, 0.1) is 5.92 Å². The summed E-state index contributed by atoms with van der Waals surface area (Å²) in [5, 5.41) is 4.16. The Kier molecular flexibility index (Phi) is 5.22. The third kappa shape index (κ3) is 3.84. The van der Waals surface area contributed by atoms with Crippen molar-refractivity contribution in [3.8, 4) is 11.1 Å². The van der Waals surface area contributed by atoms with Gasteiger partial charge in [0.15, 0.2) is 0 Å². The average Bonchev–Trinajstić information content (AvgIpc) is 2.46. The standard InChI is InChI=1S/C18H22ClN/c1-13(2)18(20-3)12-14-4-6-15(7-5-14)16-8-10-17(19)11-9-16/h4-11,13,18,20H,12H2,1-3H3. The molecule has 2 aromatic rings. The van der Waals surface area contributed by atoms with Crippen molar-refractivity contribution in [3.05, 3.63) is 59.1 Å². The van der Waals surface area contributed by atoms with E-state index < -0.39 is 0 Å². The largest absolute Gasteiger partial charge is 0.316 e. The molecule has 0 saturated heterocycles. The number of nitrogens with one attached hydrogen (secondary N) is 1. The van der Waals surface area contributed by atoms with E-state index in [9.17, 15) is 0 Å². The van der Waals surface area contributed by atoms with Crippen LogP contribution in [0.1, 0.15) is 19.4 Å². The summed E-state index contributed by atoms with van der Waals surface area (Å²) in [6, 6.07) is 17.3. The van der Waals surface area contributed by atoms with Gasteiger partial charge in [0.2, 0.25) is 0 Å². The van der Waals surface area contributed by atoms with Gasteiger partial charge in [0.25, 0.3) is 0 Å². The van der Waals surface area contributed by atoms with E-state index in [1.165, 1.54) is 16.7 Å². The topological polar surface area (TPSA) is 12.0 Å². The number of hydrogen-bond acceptors (Lipinski definition) is 1. The zero-order valence-corrected chi connectivity index (χ0v) is 13.1. The van der Waals surface area contributed by atoms with E-state index in [1.807, 2.05) is 19.2 Å². The average molecular weight is 288 g/mol. The summed E-state index contributed by atoms with van der Waals surface area (Å²) < 4.78 is 0. The molecule has 0 aliphatic rings. The molecule has 0 spiro atoms. The van der Waals surface area contributed by atoms with Crippen molar-refractivity contribution in [1.29, 1.82) is 0 Å². The summed E-state index contributed by atoms with van der Waals surface area (Å²) in [6.45, 7) is 4.51. The summed E-state index contributed by atoms with van der Waals surface area (Å²) in [5.74, 6) is 0.635. The van der Waals surface area contributed by atoms with Crippen molar-refractivity contribution in [2.24, 2.45) is 5.92 Å². The van der Waals surface area contributed by atoms with Gasteiger partial charge in [0.05, 0.1) is 0 Å². The Morgan fingerprint density at radius 1 is 0.900 bits per heavy atom. The van der Waals surface area contributed by atoms with E-state index in [-0.39, 0.29) is 0 Å². The molecule has 0 aliphatic heterocycles. The van der Waals surface area contributed by atoms with Gasteiger partial charge >= 0.3 is 0 Å². The molecule has 20 heavy (non-hydrogen) atoms. The molecule has 2 aromatic carbocycles.